The second-order valence-electron chi connectivity index (χ2n) is 4.76. The smallest absolute Gasteiger partial charge is 0.340 e. The van der Waals surface area contributed by atoms with Gasteiger partial charge in [-0.25, -0.2) is 4.79 Å². The molecule has 0 fully saturated rings. The average Bonchev–Trinajstić information content (AvgIpc) is 2.55. The molecule has 2 rings (SSSR count). The van der Waals surface area contributed by atoms with Crippen molar-refractivity contribution in [3.63, 3.8) is 0 Å². The lowest BCUT2D eigenvalue weighted by molar-refractivity contribution is -0.114. The Morgan fingerprint density at radius 2 is 1.71 bits per heavy atom. The Balaban J connectivity index is 2.04. The molecule has 0 radical (unpaired) electrons. The van der Waals surface area contributed by atoms with Gasteiger partial charge in [-0.3, -0.25) is 4.79 Å². The first-order chi connectivity index (χ1) is 11.5. The highest BCUT2D eigenvalue weighted by Gasteiger charge is 2.14. The Labute approximate surface area is 149 Å². The Morgan fingerprint density at radius 3 is 2.38 bits per heavy atom. The van der Waals surface area contributed by atoms with E-state index in [4.69, 9.17) is 27.9 Å². The lowest BCUT2D eigenvalue weighted by Crippen LogP contribution is -2.23. The van der Waals surface area contributed by atoms with Gasteiger partial charge in [-0.1, -0.05) is 41.4 Å². The van der Waals surface area contributed by atoms with Crippen LogP contribution < -0.4 is 10.6 Å². The van der Waals surface area contributed by atoms with Gasteiger partial charge in [-0.2, -0.15) is 0 Å². The maximum absolute atomic E-state index is 12.1. The molecule has 0 saturated carbocycles. The van der Waals surface area contributed by atoms with Gasteiger partial charge < -0.3 is 15.4 Å². The van der Waals surface area contributed by atoms with Crippen LogP contribution >= 0.6 is 23.2 Å². The molecule has 0 spiro atoms. The number of rotatable bonds is 6. The van der Waals surface area contributed by atoms with Crippen molar-refractivity contribution in [2.24, 2.45) is 0 Å². The van der Waals surface area contributed by atoms with Crippen LogP contribution in [0.2, 0.25) is 10.0 Å². The quantitative estimate of drug-likeness (QED) is 0.751. The van der Waals surface area contributed by atoms with E-state index in [2.05, 4.69) is 10.6 Å². The molecule has 0 aliphatic heterocycles. The molecule has 0 aliphatic carbocycles. The minimum Gasteiger partial charge on any atom is -0.462 e. The average molecular weight is 367 g/mol. The molecule has 1 amide bonds. The van der Waals surface area contributed by atoms with Crippen LogP contribution in [0.4, 0.5) is 11.4 Å². The fraction of sp³-hybridized carbons (Fsp3) is 0.176. The Hall–Kier alpha value is -2.24. The van der Waals surface area contributed by atoms with Crippen molar-refractivity contribution >= 4 is 46.5 Å². The summed E-state index contributed by atoms with van der Waals surface area (Å²) in [5.74, 6) is -0.835. The highest BCUT2D eigenvalue weighted by atomic mass is 35.5. The molecule has 0 aromatic heterocycles. The van der Waals surface area contributed by atoms with E-state index in [0.29, 0.717) is 27.0 Å². The van der Waals surface area contributed by atoms with Crippen molar-refractivity contribution in [2.75, 3.05) is 23.8 Å². The van der Waals surface area contributed by atoms with E-state index in [9.17, 15) is 9.59 Å². The van der Waals surface area contributed by atoms with Gasteiger partial charge in [0, 0.05) is 0 Å². The lowest BCUT2D eigenvalue weighted by Gasteiger charge is -2.12. The normalized spacial score (nSPS) is 10.1. The molecule has 24 heavy (non-hydrogen) atoms. The molecule has 126 valence electrons. The predicted molar refractivity (Wildman–Crippen MR) is 96.0 cm³/mol. The zero-order valence-electron chi connectivity index (χ0n) is 12.9. The van der Waals surface area contributed by atoms with Crippen LogP contribution in [0.5, 0.6) is 0 Å². The van der Waals surface area contributed by atoms with Gasteiger partial charge >= 0.3 is 5.97 Å². The third-order valence-electron chi connectivity index (χ3n) is 3.08. The van der Waals surface area contributed by atoms with E-state index in [1.165, 1.54) is 0 Å². The Bertz CT molecular complexity index is 730. The minimum atomic E-state index is -0.490. The fourth-order valence-corrected chi connectivity index (χ4v) is 2.54. The van der Waals surface area contributed by atoms with Crippen LogP contribution in [0.3, 0.4) is 0 Å². The molecule has 2 aromatic carbocycles. The molecular weight excluding hydrogens is 351 g/mol. The van der Waals surface area contributed by atoms with Crippen LogP contribution in [0.1, 0.15) is 17.3 Å². The SMILES string of the molecule is CCOC(=O)c1ccccc1NC(=O)CNc1c(Cl)cccc1Cl. The molecule has 0 unspecified atom stereocenters. The molecular formula is C17H16Cl2N2O3. The van der Waals surface area contributed by atoms with Crippen molar-refractivity contribution < 1.29 is 14.3 Å². The first-order valence-electron chi connectivity index (χ1n) is 7.26. The topological polar surface area (TPSA) is 67.4 Å². The van der Waals surface area contributed by atoms with Crippen molar-refractivity contribution in [2.45, 2.75) is 6.92 Å². The molecule has 0 aliphatic rings. The van der Waals surface area contributed by atoms with Crippen LogP contribution in [-0.2, 0) is 9.53 Å². The van der Waals surface area contributed by atoms with E-state index in [1.54, 1.807) is 49.4 Å². The summed E-state index contributed by atoms with van der Waals surface area (Å²) in [5.41, 5.74) is 1.16. The summed E-state index contributed by atoms with van der Waals surface area (Å²) >= 11 is 12.1. The third-order valence-corrected chi connectivity index (χ3v) is 3.71. The number of carbonyl (C=O) groups excluding carboxylic acids is 2. The molecule has 5 nitrogen and oxygen atoms in total. The van der Waals surface area contributed by atoms with E-state index < -0.39 is 5.97 Å². The van der Waals surface area contributed by atoms with Gasteiger partial charge in [0.25, 0.3) is 0 Å². The first-order valence-corrected chi connectivity index (χ1v) is 8.02. The van der Waals surface area contributed by atoms with Gasteiger partial charge in [0.15, 0.2) is 0 Å². The molecule has 0 heterocycles. The number of ether oxygens (including phenoxy) is 1. The van der Waals surface area contributed by atoms with Crippen molar-refractivity contribution in [1.29, 1.82) is 0 Å². The van der Waals surface area contributed by atoms with E-state index in [0.717, 1.165) is 0 Å². The summed E-state index contributed by atoms with van der Waals surface area (Å²) in [7, 11) is 0. The van der Waals surface area contributed by atoms with E-state index in [1.807, 2.05) is 0 Å². The van der Waals surface area contributed by atoms with Crippen molar-refractivity contribution in [3.05, 3.63) is 58.1 Å². The summed E-state index contributed by atoms with van der Waals surface area (Å²) in [4.78, 5) is 24.0. The summed E-state index contributed by atoms with van der Waals surface area (Å²) in [6, 6.07) is 11.7. The number of benzene rings is 2. The predicted octanol–water partition coefficient (Wildman–Crippen LogP) is 4.22. The summed E-state index contributed by atoms with van der Waals surface area (Å²) in [6.45, 7) is 1.92. The largest absolute Gasteiger partial charge is 0.462 e. The number of hydrogen-bond donors (Lipinski definition) is 2. The maximum Gasteiger partial charge on any atom is 0.340 e. The Kier molecular flexibility index (Phi) is 6.46. The third kappa shape index (κ3) is 4.63. The number of nitrogens with one attached hydrogen (secondary N) is 2. The Morgan fingerprint density at radius 1 is 1.04 bits per heavy atom. The van der Waals surface area contributed by atoms with Crippen LogP contribution in [0.15, 0.2) is 42.5 Å². The fourth-order valence-electron chi connectivity index (χ4n) is 2.01. The van der Waals surface area contributed by atoms with Gasteiger partial charge in [0.1, 0.15) is 0 Å². The molecule has 0 atom stereocenters. The van der Waals surface area contributed by atoms with E-state index in [-0.39, 0.29) is 19.1 Å². The molecule has 7 heteroatoms. The second kappa shape index (κ2) is 8.57. The standard InChI is InChI=1S/C17H16Cl2N2O3/c1-2-24-17(23)11-6-3-4-9-14(11)21-15(22)10-20-16-12(18)7-5-8-13(16)19/h3-9,20H,2,10H2,1H3,(H,21,22). The summed E-state index contributed by atoms with van der Waals surface area (Å²) in [5, 5.41) is 6.39. The number of carbonyl (C=O) groups is 2. The lowest BCUT2D eigenvalue weighted by atomic mass is 10.2. The highest BCUT2D eigenvalue weighted by Crippen LogP contribution is 2.29. The van der Waals surface area contributed by atoms with Gasteiger partial charge in [-0.15, -0.1) is 0 Å². The van der Waals surface area contributed by atoms with Gasteiger partial charge in [0.2, 0.25) is 5.91 Å². The van der Waals surface area contributed by atoms with Crippen molar-refractivity contribution in [1.82, 2.24) is 0 Å². The monoisotopic (exact) mass is 366 g/mol. The molecule has 0 bridgehead atoms. The summed E-state index contributed by atoms with van der Waals surface area (Å²) in [6.07, 6.45) is 0. The second-order valence-corrected chi connectivity index (χ2v) is 5.58. The molecule has 2 aromatic rings. The molecule has 2 N–H and O–H groups in total. The number of amides is 1. The van der Waals surface area contributed by atoms with Crippen molar-refractivity contribution in [3.8, 4) is 0 Å². The summed E-state index contributed by atoms with van der Waals surface area (Å²) < 4.78 is 4.97. The molecule has 0 saturated heterocycles. The highest BCUT2D eigenvalue weighted by molar-refractivity contribution is 6.39. The number of esters is 1. The van der Waals surface area contributed by atoms with Gasteiger partial charge in [-0.05, 0) is 31.2 Å². The number of hydrogen-bond acceptors (Lipinski definition) is 4. The number of para-hydroxylation sites is 2. The zero-order valence-corrected chi connectivity index (χ0v) is 14.4. The number of anilines is 2. The maximum atomic E-state index is 12.1. The van der Waals surface area contributed by atoms with Crippen LogP contribution in [0, 0.1) is 0 Å². The number of halogens is 2. The zero-order chi connectivity index (χ0) is 17.5. The minimum absolute atomic E-state index is 0.0549. The van der Waals surface area contributed by atoms with Crippen LogP contribution in [-0.4, -0.2) is 25.0 Å². The first kappa shape index (κ1) is 18.1. The van der Waals surface area contributed by atoms with Crippen LogP contribution in [0.25, 0.3) is 0 Å². The van der Waals surface area contributed by atoms with Gasteiger partial charge in [0.05, 0.1) is 40.1 Å². The van der Waals surface area contributed by atoms with E-state index >= 15 is 0 Å².